The Morgan fingerprint density at radius 1 is 0.962 bits per heavy atom. The monoisotopic (exact) mass is 357 g/mol. The van der Waals surface area contributed by atoms with Crippen LogP contribution >= 0.6 is 0 Å². The van der Waals surface area contributed by atoms with Gasteiger partial charge >= 0.3 is 11.9 Å². The quantitative estimate of drug-likeness (QED) is 0.507. The molecule has 0 N–H and O–H groups in total. The summed E-state index contributed by atoms with van der Waals surface area (Å²) in [7, 11) is 0. The second-order valence-corrected chi connectivity index (χ2v) is 5.52. The predicted molar refractivity (Wildman–Crippen MR) is 95.5 cm³/mol. The van der Waals surface area contributed by atoms with Crippen LogP contribution in [0.3, 0.4) is 0 Å². The number of carbonyl (C=O) groups excluding carboxylic acids is 2. The van der Waals surface area contributed by atoms with Crippen molar-refractivity contribution in [3.8, 4) is 5.75 Å². The maximum atomic E-state index is 12.0. The van der Waals surface area contributed by atoms with Crippen molar-refractivity contribution >= 4 is 11.9 Å². The topological polar surface area (TPSA) is 74.7 Å². The average Bonchev–Trinajstić information content (AvgIpc) is 2.66. The molecule has 1 aromatic heterocycles. The third kappa shape index (κ3) is 5.88. The number of esters is 2. The SMILES string of the molecule is CCOC(=O)C(Cc1ccc(OCc2ccccc2)cn1)C(=O)OCC. The Morgan fingerprint density at radius 2 is 1.62 bits per heavy atom. The summed E-state index contributed by atoms with van der Waals surface area (Å²) in [6.45, 7) is 4.23. The van der Waals surface area contributed by atoms with E-state index >= 15 is 0 Å². The molecule has 2 aromatic rings. The lowest BCUT2D eigenvalue weighted by Gasteiger charge is -2.14. The van der Waals surface area contributed by atoms with Crippen LogP contribution in [0.5, 0.6) is 5.75 Å². The molecule has 0 unspecified atom stereocenters. The van der Waals surface area contributed by atoms with Gasteiger partial charge in [0.15, 0.2) is 5.92 Å². The fourth-order valence-electron chi connectivity index (χ4n) is 2.32. The molecule has 26 heavy (non-hydrogen) atoms. The van der Waals surface area contributed by atoms with Crippen LogP contribution in [0, 0.1) is 5.92 Å². The molecule has 0 radical (unpaired) electrons. The number of hydrogen-bond acceptors (Lipinski definition) is 6. The molecule has 0 bridgehead atoms. The third-order valence-corrected chi connectivity index (χ3v) is 3.60. The summed E-state index contributed by atoms with van der Waals surface area (Å²) in [5, 5.41) is 0. The van der Waals surface area contributed by atoms with E-state index in [9.17, 15) is 9.59 Å². The molecule has 0 saturated carbocycles. The van der Waals surface area contributed by atoms with Gasteiger partial charge in [0.05, 0.1) is 19.4 Å². The van der Waals surface area contributed by atoms with Gasteiger partial charge in [-0.2, -0.15) is 0 Å². The lowest BCUT2D eigenvalue weighted by atomic mass is 10.0. The van der Waals surface area contributed by atoms with E-state index < -0.39 is 17.9 Å². The highest BCUT2D eigenvalue weighted by Crippen LogP contribution is 2.16. The Labute approximate surface area is 153 Å². The molecule has 0 aliphatic rings. The van der Waals surface area contributed by atoms with Gasteiger partial charge < -0.3 is 14.2 Å². The van der Waals surface area contributed by atoms with Crippen LogP contribution in [0.15, 0.2) is 48.7 Å². The van der Waals surface area contributed by atoms with Gasteiger partial charge in [0, 0.05) is 12.1 Å². The zero-order valence-corrected chi connectivity index (χ0v) is 15.0. The van der Waals surface area contributed by atoms with E-state index in [1.54, 1.807) is 32.2 Å². The molecule has 0 amide bonds. The van der Waals surface area contributed by atoms with Crippen molar-refractivity contribution in [3.05, 3.63) is 59.9 Å². The van der Waals surface area contributed by atoms with Gasteiger partial charge in [-0.25, -0.2) is 0 Å². The first-order chi connectivity index (χ1) is 12.6. The van der Waals surface area contributed by atoms with Crippen molar-refractivity contribution < 1.29 is 23.8 Å². The summed E-state index contributed by atoms with van der Waals surface area (Å²) >= 11 is 0. The second-order valence-electron chi connectivity index (χ2n) is 5.52. The first-order valence-electron chi connectivity index (χ1n) is 8.59. The van der Waals surface area contributed by atoms with Crippen LogP contribution in [0.2, 0.25) is 0 Å². The fourth-order valence-corrected chi connectivity index (χ4v) is 2.32. The fraction of sp³-hybridized carbons (Fsp3) is 0.350. The van der Waals surface area contributed by atoms with E-state index in [4.69, 9.17) is 14.2 Å². The van der Waals surface area contributed by atoms with E-state index in [1.165, 1.54) is 0 Å². The predicted octanol–water partition coefficient (Wildman–Crippen LogP) is 2.95. The minimum absolute atomic E-state index is 0.122. The van der Waals surface area contributed by atoms with Crippen molar-refractivity contribution in [2.75, 3.05) is 13.2 Å². The van der Waals surface area contributed by atoms with Gasteiger partial charge in [0.25, 0.3) is 0 Å². The Kier molecular flexibility index (Phi) is 7.61. The summed E-state index contributed by atoms with van der Waals surface area (Å²) in [6.07, 6.45) is 1.70. The van der Waals surface area contributed by atoms with E-state index in [0.717, 1.165) is 5.56 Å². The van der Waals surface area contributed by atoms with Crippen LogP contribution in [0.25, 0.3) is 0 Å². The summed E-state index contributed by atoms with van der Waals surface area (Å²) in [5.41, 5.74) is 1.64. The van der Waals surface area contributed by atoms with E-state index in [-0.39, 0.29) is 19.6 Å². The highest BCUT2D eigenvalue weighted by Gasteiger charge is 2.30. The molecule has 0 saturated heterocycles. The van der Waals surface area contributed by atoms with Crippen molar-refractivity contribution in [1.29, 1.82) is 0 Å². The first-order valence-corrected chi connectivity index (χ1v) is 8.59. The summed E-state index contributed by atoms with van der Waals surface area (Å²) in [6, 6.07) is 13.3. The number of carbonyl (C=O) groups is 2. The maximum Gasteiger partial charge on any atom is 0.320 e. The second kappa shape index (κ2) is 10.2. The molecule has 0 spiro atoms. The number of nitrogens with zero attached hydrogens (tertiary/aromatic N) is 1. The van der Waals surface area contributed by atoms with Crippen LogP contribution in [-0.2, 0) is 32.1 Å². The molecule has 1 heterocycles. The van der Waals surface area contributed by atoms with Crippen LogP contribution in [0.4, 0.5) is 0 Å². The molecule has 2 rings (SSSR count). The highest BCUT2D eigenvalue weighted by atomic mass is 16.6. The normalized spacial score (nSPS) is 10.4. The number of pyridine rings is 1. The largest absolute Gasteiger partial charge is 0.487 e. The zero-order chi connectivity index (χ0) is 18.8. The third-order valence-electron chi connectivity index (χ3n) is 3.60. The zero-order valence-electron chi connectivity index (χ0n) is 15.0. The van der Waals surface area contributed by atoms with Crippen LogP contribution in [0.1, 0.15) is 25.1 Å². The smallest absolute Gasteiger partial charge is 0.320 e. The molecule has 1 aromatic carbocycles. The molecule has 6 heteroatoms. The Bertz CT molecular complexity index is 682. The molecule has 0 aliphatic heterocycles. The molecule has 0 fully saturated rings. The Hall–Kier alpha value is -2.89. The molecule has 0 aliphatic carbocycles. The number of ether oxygens (including phenoxy) is 3. The van der Waals surface area contributed by atoms with Crippen LogP contribution in [-0.4, -0.2) is 30.1 Å². The van der Waals surface area contributed by atoms with Gasteiger partial charge in [-0.15, -0.1) is 0 Å². The minimum atomic E-state index is -1.02. The molecule has 138 valence electrons. The maximum absolute atomic E-state index is 12.0. The van der Waals surface area contributed by atoms with Crippen molar-refractivity contribution in [2.24, 2.45) is 5.92 Å². The minimum Gasteiger partial charge on any atom is -0.487 e. The Balaban J connectivity index is 1.98. The molecule has 6 nitrogen and oxygen atoms in total. The van der Waals surface area contributed by atoms with Gasteiger partial charge in [-0.3, -0.25) is 14.6 Å². The van der Waals surface area contributed by atoms with Crippen LogP contribution < -0.4 is 4.74 Å². The summed E-state index contributed by atoms with van der Waals surface area (Å²) < 4.78 is 15.6. The van der Waals surface area contributed by atoms with Gasteiger partial charge in [-0.1, -0.05) is 30.3 Å². The standard InChI is InChI=1S/C20H23NO5/c1-3-24-19(22)18(20(23)25-4-2)12-16-10-11-17(13-21-16)26-14-15-8-6-5-7-9-15/h5-11,13,18H,3-4,12,14H2,1-2H3. The number of aromatic nitrogens is 1. The average molecular weight is 357 g/mol. The number of rotatable bonds is 9. The van der Waals surface area contributed by atoms with E-state index in [2.05, 4.69) is 4.98 Å². The Morgan fingerprint density at radius 3 is 2.15 bits per heavy atom. The van der Waals surface area contributed by atoms with Crippen molar-refractivity contribution in [1.82, 2.24) is 4.98 Å². The van der Waals surface area contributed by atoms with Crippen molar-refractivity contribution in [3.63, 3.8) is 0 Å². The summed E-state index contributed by atoms with van der Waals surface area (Å²) in [4.78, 5) is 28.3. The number of hydrogen-bond donors (Lipinski definition) is 0. The molecule has 0 atom stereocenters. The van der Waals surface area contributed by atoms with E-state index in [1.807, 2.05) is 30.3 Å². The molecular formula is C20H23NO5. The summed E-state index contributed by atoms with van der Waals surface area (Å²) in [5.74, 6) is -1.60. The van der Waals surface area contributed by atoms with E-state index in [0.29, 0.717) is 18.1 Å². The lowest BCUT2D eigenvalue weighted by molar-refractivity contribution is -0.161. The van der Waals surface area contributed by atoms with Gasteiger partial charge in [-0.05, 0) is 31.5 Å². The van der Waals surface area contributed by atoms with Gasteiger partial charge in [0.2, 0.25) is 0 Å². The van der Waals surface area contributed by atoms with Gasteiger partial charge in [0.1, 0.15) is 12.4 Å². The first kappa shape index (κ1) is 19.4. The number of benzene rings is 1. The highest BCUT2D eigenvalue weighted by molar-refractivity contribution is 5.95. The molecular weight excluding hydrogens is 334 g/mol. The lowest BCUT2D eigenvalue weighted by Crippen LogP contribution is -2.30. The van der Waals surface area contributed by atoms with Crippen molar-refractivity contribution in [2.45, 2.75) is 26.9 Å².